The predicted molar refractivity (Wildman–Crippen MR) is 70.6 cm³/mol. The molecule has 3 rings (SSSR count). The van der Waals surface area contributed by atoms with E-state index in [0.717, 1.165) is 23.3 Å². The number of aryl methyl sites for hydroxylation is 1. The summed E-state index contributed by atoms with van der Waals surface area (Å²) in [5.41, 5.74) is 2.63. The van der Waals surface area contributed by atoms with E-state index in [1.165, 1.54) is 17.1 Å². The van der Waals surface area contributed by atoms with Crippen molar-refractivity contribution in [2.24, 2.45) is 0 Å². The van der Waals surface area contributed by atoms with E-state index >= 15 is 0 Å². The minimum absolute atomic E-state index is 0.109. The number of amides is 1. The molecular weight excluding hydrogens is 246 g/mol. The van der Waals surface area contributed by atoms with Gasteiger partial charge in [0.1, 0.15) is 0 Å². The van der Waals surface area contributed by atoms with Gasteiger partial charge in [-0.05, 0) is 36.9 Å². The molecule has 0 saturated heterocycles. The van der Waals surface area contributed by atoms with Gasteiger partial charge in [0.2, 0.25) is 0 Å². The van der Waals surface area contributed by atoms with E-state index in [0.29, 0.717) is 11.7 Å². The lowest BCUT2D eigenvalue weighted by Crippen LogP contribution is -2.26. The fraction of sp³-hybridized carbons (Fsp3) is 0.308. The van der Waals surface area contributed by atoms with Crippen molar-refractivity contribution in [3.8, 4) is 10.4 Å². The van der Waals surface area contributed by atoms with Crippen LogP contribution in [-0.4, -0.2) is 21.5 Å². The average Bonchev–Trinajstić information content (AvgIpc) is 3.04. The van der Waals surface area contributed by atoms with Gasteiger partial charge in [0.05, 0.1) is 4.88 Å². The molecule has 1 aliphatic rings. The van der Waals surface area contributed by atoms with E-state index in [2.05, 4.69) is 14.9 Å². The summed E-state index contributed by atoms with van der Waals surface area (Å²) in [4.78, 5) is 12.9. The lowest BCUT2D eigenvalue weighted by molar-refractivity contribution is 0.0946. The van der Waals surface area contributed by atoms with Gasteiger partial charge in [-0.15, -0.1) is 5.10 Å². The Bertz CT molecular complexity index is 572. The monoisotopic (exact) mass is 259 g/mol. The maximum atomic E-state index is 12.0. The zero-order valence-corrected chi connectivity index (χ0v) is 10.8. The van der Waals surface area contributed by atoms with Crippen LogP contribution in [0.25, 0.3) is 10.4 Å². The Morgan fingerprint density at radius 2 is 2.06 bits per heavy atom. The molecule has 2 aromatic rings. The fourth-order valence-corrected chi connectivity index (χ4v) is 2.38. The average molecular weight is 259 g/mol. The summed E-state index contributed by atoms with van der Waals surface area (Å²) in [5.74, 6) is -0.109. The zero-order valence-electron chi connectivity index (χ0n) is 10.0. The number of rotatable bonds is 3. The Morgan fingerprint density at radius 3 is 2.72 bits per heavy atom. The van der Waals surface area contributed by atoms with E-state index < -0.39 is 0 Å². The molecule has 1 aromatic heterocycles. The second kappa shape index (κ2) is 4.49. The summed E-state index contributed by atoms with van der Waals surface area (Å²) < 4.78 is 3.90. The SMILES string of the molecule is Cc1ccc(-c2snnc2C(=O)NC2CC2)cc1. The maximum absolute atomic E-state index is 12.0. The van der Waals surface area contributed by atoms with Crippen LogP contribution >= 0.6 is 11.5 Å². The molecule has 1 N–H and O–H groups in total. The quantitative estimate of drug-likeness (QED) is 0.921. The number of hydrogen-bond acceptors (Lipinski definition) is 4. The van der Waals surface area contributed by atoms with Crippen LogP contribution in [0.2, 0.25) is 0 Å². The van der Waals surface area contributed by atoms with Crippen molar-refractivity contribution >= 4 is 17.4 Å². The van der Waals surface area contributed by atoms with Crippen molar-refractivity contribution in [1.29, 1.82) is 0 Å². The van der Waals surface area contributed by atoms with Crippen LogP contribution in [0, 0.1) is 6.92 Å². The van der Waals surface area contributed by atoms with Crippen molar-refractivity contribution in [3.63, 3.8) is 0 Å². The molecule has 0 radical (unpaired) electrons. The van der Waals surface area contributed by atoms with Crippen LogP contribution in [0.4, 0.5) is 0 Å². The van der Waals surface area contributed by atoms with E-state index in [9.17, 15) is 4.79 Å². The lowest BCUT2D eigenvalue weighted by Gasteiger charge is -2.03. The number of nitrogens with one attached hydrogen (secondary N) is 1. The highest BCUT2D eigenvalue weighted by molar-refractivity contribution is 7.09. The van der Waals surface area contributed by atoms with Gasteiger partial charge in [-0.25, -0.2) is 0 Å². The van der Waals surface area contributed by atoms with Gasteiger partial charge in [0, 0.05) is 6.04 Å². The first kappa shape index (κ1) is 11.3. The van der Waals surface area contributed by atoms with Crippen LogP contribution in [0.3, 0.4) is 0 Å². The van der Waals surface area contributed by atoms with Gasteiger partial charge in [-0.3, -0.25) is 4.79 Å². The number of benzene rings is 1. The third kappa shape index (κ3) is 2.26. The molecule has 5 heteroatoms. The molecule has 1 fully saturated rings. The van der Waals surface area contributed by atoms with Gasteiger partial charge in [0.25, 0.3) is 5.91 Å². The van der Waals surface area contributed by atoms with Gasteiger partial charge >= 0.3 is 0 Å². The van der Waals surface area contributed by atoms with Crippen molar-refractivity contribution < 1.29 is 4.79 Å². The molecule has 1 saturated carbocycles. The molecule has 0 atom stereocenters. The highest BCUT2D eigenvalue weighted by Gasteiger charge is 2.26. The summed E-state index contributed by atoms with van der Waals surface area (Å²) >= 11 is 1.26. The van der Waals surface area contributed by atoms with E-state index in [1.807, 2.05) is 31.2 Å². The van der Waals surface area contributed by atoms with Gasteiger partial charge in [-0.1, -0.05) is 34.3 Å². The number of carbonyl (C=O) groups is 1. The summed E-state index contributed by atoms with van der Waals surface area (Å²) in [7, 11) is 0. The predicted octanol–water partition coefficient (Wildman–Crippen LogP) is 2.41. The minimum atomic E-state index is -0.109. The van der Waals surface area contributed by atoms with Crippen LogP contribution in [0.1, 0.15) is 28.9 Å². The summed E-state index contributed by atoms with van der Waals surface area (Å²) in [6, 6.07) is 8.39. The molecule has 1 aliphatic carbocycles. The third-order valence-corrected chi connectivity index (χ3v) is 3.70. The van der Waals surface area contributed by atoms with Gasteiger partial charge < -0.3 is 5.32 Å². The van der Waals surface area contributed by atoms with Crippen LogP contribution in [0.15, 0.2) is 24.3 Å². The molecular formula is C13H13N3OS. The Labute approximate surface area is 109 Å². The van der Waals surface area contributed by atoms with Crippen LogP contribution < -0.4 is 5.32 Å². The molecule has 0 spiro atoms. The van der Waals surface area contributed by atoms with Crippen molar-refractivity contribution in [1.82, 2.24) is 14.9 Å². The number of carbonyl (C=O) groups excluding carboxylic acids is 1. The zero-order chi connectivity index (χ0) is 12.5. The summed E-state index contributed by atoms with van der Waals surface area (Å²) in [6.07, 6.45) is 2.15. The Hall–Kier alpha value is -1.75. The van der Waals surface area contributed by atoms with E-state index in [4.69, 9.17) is 0 Å². The second-order valence-electron chi connectivity index (χ2n) is 4.56. The smallest absolute Gasteiger partial charge is 0.273 e. The molecule has 1 amide bonds. The summed E-state index contributed by atoms with van der Waals surface area (Å²) in [5, 5.41) is 6.90. The summed E-state index contributed by atoms with van der Waals surface area (Å²) in [6.45, 7) is 2.04. The number of hydrogen-bond donors (Lipinski definition) is 1. The third-order valence-electron chi connectivity index (χ3n) is 2.93. The number of nitrogens with zero attached hydrogens (tertiary/aromatic N) is 2. The topological polar surface area (TPSA) is 54.9 Å². The molecule has 0 unspecified atom stereocenters. The normalized spacial score (nSPS) is 14.5. The molecule has 0 aliphatic heterocycles. The standard InChI is InChI=1S/C13H13N3OS/c1-8-2-4-9(5-3-8)12-11(15-16-18-12)13(17)14-10-6-7-10/h2-5,10H,6-7H2,1H3,(H,14,17). The Morgan fingerprint density at radius 1 is 1.33 bits per heavy atom. The van der Waals surface area contributed by atoms with E-state index in [-0.39, 0.29) is 5.91 Å². The molecule has 0 bridgehead atoms. The highest BCUT2D eigenvalue weighted by atomic mass is 32.1. The Balaban J connectivity index is 1.90. The second-order valence-corrected chi connectivity index (χ2v) is 5.32. The lowest BCUT2D eigenvalue weighted by atomic mass is 10.1. The van der Waals surface area contributed by atoms with Crippen molar-refractivity contribution in [2.75, 3.05) is 0 Å². The first-order valence-electron chi connectivity index (χ1n) is 5.94. The first-order chi connectivity index (χ1) is 8.74. The molecule has 92 valence electrons. The minimum Gasteiger partial charge on any atom is -0.348 e. The first-order valence-corrected chi connectivity index (χ1v) is 6.71. The van der Waals surface area contributed by atoms with Crippen molar-refractivity contribution in [2.45, 2.75) is 25.8 Å². The molecule has 18 heavy (non-hydrogen) atoms. The van der Waals surface area contributed by atoms with Gasteiger partial charge in [-0.2, -0.15) is 0 Å². The molecule has 1 aromatic carbocycles. The fourth-order valence-electron chi connectivity index (χ4n) is 1.72. The van der Waals surface area contributed by atoms with Crippen LogP contribution in [-0.2, 0) is 0 Å². The van der Waals surface area contributed by atoms with E-state index in [1.54, 1.807) is 0 Å². The molecule has 1 heterocycles. The Kier molecular flexibility index (Phi) is 2.83. The molecule has 4 nitrogen and oxygen atoms in total. The maximum Gasteiger partial charge on any atom is 0.273 e. The largest absolute Gasteiger partial charge is 0.348 e. The number of aromatic nitrogens is 2. The van der Waals surface area contributed by atoms with Crippen LogP contribution in [0.5, 0.6) is 0 Å². The highest BCUT2D eigenvalue weighted by Crippen LogP contribution is 2.27. The van der Waals surface area contributed by atoms with Gasteiger partial charge in [0.15, 0.2) is 5.69 Å². The van der Waals surface area contributed by atoms with Crippen molar-refractivity contribution in [3.05, 3.63) is 35.5 Å².